The van der Waals surface area contributed by atoms with Crippen LogP contribution in [0.25, 0.3) is 11.3 Å². The fourth-order valence-corrected chi connectivity index (χ4v) is 3.48. The third kappa shape index (κ3) is 3.21. The fourth-order valence-electron chi connectivity index (χ4n) is 3.48. The lowest BCUT2D eigenvalue weighted by molar-refractivity contribution is 0.0600. The average Bonchev–Trinajstić information content (AvgIpc) is 3.08. The maximum absolute atomic E-state index is 12.3. The van der Waals surface area contributed by atoms with Crippen molar-refractivity contribution in [2.24, 2.45) is 0 Å². The molecule has 0 fully saturated rings. The number of fused-ring (bicyclic) bond motifs is 1. The second-order valence-electron chi connectivity index (χ2n) is 6.41. The summed E-state index contributed by atoms with van der Waals surface area (Å²) in [6.45, 7) is 1.18. The molecule has 3 aromatic rings. The summed E-state index contributed by atoms with van der Waals surface area (Å²) in [5.74, 6) is -0.409. The number of hydrogen-bond donors (Lipinski definition) is 1. The molecule has 2 aromatic heterocycles. The van der Waals surface area contributed by atoms with Gasteiger partial charge in [-0.05, 0) is 35.9 Å². The van der Waals surface area contributed by atoms with Crippen molar-refractivity contribution < 1.29 is 14.3 Å². The van der Waals surface area contributed by atoms with Crippen molar-refractivity contribution in [3.63, 3.8) is 0 Å². The van der Waals surface area contributed by atoms with Crippen LogP contribution < -0.4 is 5.32 Å². The highest BCUT2D eigenvalue weighted by atomic mass is 16.5. The topological polar surface area (TPSA) is 73.2 Å². The Hall–Kier alpha value is -3.41. The van der Waals surface area contributed by atoms with Crippen molar-refractivity contribution >= 4 is 11.9 Å². The SMILES string of the molecule is COC(=O)c1cccc(Cn2c(-c3ccncc3)cc3c2CCNC3=O)c1. The maximum atomic E-state index is 12.3. The quantitative estimate of drug-likeness (QED) is 0.725. The zero-order chi connectivity index (χ0) is 18.8. The van der Waals surface area contributed by atoms with Gasteiger partial charge in [-0.1, -0.05) is 12.1 Å². The first-order valence-electron chi connectivity index (χ1n) is 8.75. The number of ether oxygens (including phenoxy) is 1. The van der Waals surface area contributed by atoms with Crippen LogP contribution in [0.4, 0.5) is 0 Å². The number of pyridine rings is 1. The highest BCUT2D eigenvalue weighted by Gasteiger charge is 2.24. The van der Waals surface area contributed by atoms with Crippen LogP contribution >= 0.6 is 0 Å². The van der Waals surface area contributed by atoms with Crippen molar-refractivity contribution in [3.05, 3.63) is 77.2 Å². The van der Waals surface area contributed by atoms with E-state index in [-0.39, 0.29) is 11.9 Å². The smallest absolute Gasteiger partial charge is 0.337 e. The van der Waals surface area contributed by atoms with E-state index in [1.54, 1.807) is 18.5 Å². The predicted molar refractivity (Wildman–Crippen MR) is 101 cm³/mol. The second-order valence-corrected chi connectivity index (χ2v) is 6.41. The zero-order valence-electron chi connectivity index (χ0n) is 14.9. The Labute approximate surface area is 156 Å². The summed E-state index contributed by atoms with van der Waals surface area (Å²) in [6.07, 6.45) is 4.25. The van der Waals surface area contributed by atoms with Crippen molar-refractivity contribution in [2.45, 2.75) is 13.0 Å². The number of carbonyl (C=O) groups is 2. The van der Waals surface area contributed by atoms with Crippen LogP contribution in [0.3, 0.4) is 0 Å². The molecule has 1 aliphatic rings. The molecular weight excluding hydrogens is 342 g/mol. The van der Waals surface area contributed by atoms with E-state index in [4.69, 9.17) is 4.74 Å². The number of benzene rings is 1. The van der Waals surface area contributed by atoms with Gasteiger partial charge in [-0.15, -0.1) is 0 Å². The van der Waals surface area contributed by atoms with Crippen molar-refractivity contribution in [1.82, 2.24) is 14.9 Å². The Morgan fingerprint density at radius 3 is 2.81 bits per heavy atom. The van der Waals surface area contributed by atoms with Gasteiger partial charge < -0.3 is 14.6 Å². The van der Waals surface area contributed by atoms with Gasteiger partial charge in [-0.3, -0.25) is 9.78 Å². The van der Waals surface area contributed by atoms with Crippen molar-refractivity contribution in [2.75, 3.05) is 13.7 Å². The van der Waals surface area contributed by atoms with Gasteiger partial charge in [0.1, 0.15) is 0 Å². The van der Waals surface area contributed by atoms with Gasteiger partial charge in [-0.25, -0.2) is 4.79 Å². The van der Waals surface area contributed by atoms with Gasteiger partial charge in [0, 0.05) is 48.9 Å². The molecule has 1 amide bonds. The highest BCUT2D eigenvalue weighted by molar-refractivity contribution is 5.98. The molecule has 0 saturated heterocycles. The molecule has 4 rings (SSSR count). The summed E-state index contributed by atoms with van der Waals surface area (Å²) in [6, 6.07) is 13.2. The Morgan fingerprint density at radius 1 is 1.22 bits per heavy atom. The van der Waals surface area contributed by atoms with Crippen LogP contribution in [0.2, 0.25) is 0 Å². The molecule has 1 aromatic carbocycles. The van der Waals surface area contributed by atoms with Gasteiger partial charge in [-0.2, -0.15) is 0 Å². The average molecular weight is 361 g/mol. The monoisotopic (exact) mass is 361 g/mol. The maximum Gasteiger partial charge on any atom is 0.337 e. The molecule has 0 aliphatic carbocycles. The van der Waals surface area contributed by atoms with Gasteiger partial charge in [0.15, 0.2) is 0 Å². The van der Waals surface area contributed by atoms with Crippen LogP contribution in [0.5, 0.6) is 0 Å². The summed E-state index contributed by atoms with van der Waals surface area (Å²) in [5, 5.41) is 2.90. The molecule has 6 heteroatoms. The molecule has 0 saturated carbocycles. The van der Waals surface area contributed by atoms with E-state index in [1.807, 2.05) is 36.4 Å². The third-order valence-electron chi connectivity index (χ3n) is 4.77. The number of esters is 1. The standard InChI is InChI=1S/C21H19N3O3/c1-27-21(26)16-4-2-3-14(11-16)13-24-18-7-10-23-20(25)17(18)12-19(24)15-5-8-22-9-6-15/h2-6,8-9,11-12H,7,10,13H2,1H3,(H,23,25). The first-order chi connectivity index (χ1) is 13.2. The van der Waals surface area contributed by atoms with Gasteiger partial charge in [0.25, 0.3) is 5.91 Å². The minimum Gasteiger partial charge on any atom is -0.465 e. The summed E-state index contributed by atoms with van der Waals surface area (Å²) >= 11 is 0. The minimum atomic E-state index is -0.361. The summed E-state index contributed by atoms with van der Waals surface area (Å²) in [7, 11) is 1.37. The van der Waals surface area contributed by atoms with Crippen LogP contribution in [0, 0.1) is 0 Å². The van der Waals surface area contributed by atoms with Gasteiger partial charge >= 0.3 is 5.97 Å². The first-order valence-corrected chi connectivity index (χ1v) is 8.75. The Kier molecular flexibility index (Phi) is 4.46. The number of methoxy groups -OCH3 is 1. The molecule has 0 unspecified atom stereocenters. The van der Waals surface area contributed by atoms with E-state index in [9.17, 15) is 9.59 Å². The van der Waals surface area contributed by atoms with Crippen molar-refractivity contribution in [1.29, 1.82) is 0 Å². The summed E-state index contributed by atoms with van der Waals surface area (Å²) in [5.41, 5.74) is 5.15. The Bertz CT molecular complexity index is 1010. The van der Waals surface area contributed by atoms with Crippen LogP contribution in [0.1, 0.15) is 32.0 Å². The van der Waals surface area contributed by atoms with Gasteiger partial charge in [0.2, 0.25) is 0 Å². The minimum absolute atomic E-state index is 0.0476. The van der Waals surface area contributed by atoms with Crippen LogP contribution in [-0.4, -0.2) is 35.1 Å². The molecule has 1 aliphatic heterocycles. The number of hydrogen-bond acceptors (Lipinski definition) is 4. The molecule has 0 radical (unpaired) electrons. The number of nitrogens with zero attached hydrogens (tertiary/aromatic N) is 2. The van der Waals surface area contributed by atoms with Crippen molar-refractivity contribution in [3.8, 4) is 11.3 Å². The number of amides is 1. The lowest BCUT2D eigenvalue weighted by Crippen LogP contribution is -2.32. The molecular formula is C21H19N3O3. The molecule has 0 bridgehead atoms. The zero-order valence-corrected chi connectivity index (χ0v) is 14.9. The van der Waals surface area contributed by atoms with E-state index in [0.29, 0.717) is 24.2 Å². The van der Waals surface area contributed by atoms with E-state index in [1.165, 1.54) is 7.11 Å². The Balaban J connectivity index is 1.80. The Morgan fingerprint density at radius 2 is 2.04 bits per heavy atom. The molecule has 136 valence electrons. The number of aromatic nitrogens is 2. The lowest BCUT2D eigenvalue weighted by atomic mass is 10.1. The van der Waals surface area contributed by atoms with E-state index < -0.39 is 0 Å². The van der Waals surface area contributed by atoms with Gasteiger partial charge in [0.05, 0.1) is 18.2 Å². The molecule has 27 heavy (non-hydrogen) atoms. The van der Waals surface area contributed by atoms with Crippen LogP contribution in [-0.2, 0) is 17.7 Å². The normalized spacial score (nSPS) is 13.0. The van der Waals surface area contributed by atoms with E-state index in [0.717, 1.165) is 28.9 Å². The molecule has 6 nitrogen and oxygen atoms in total. The highest BCUT2D eigenvalue weighted by Crippen LogP contribution is 2.29. The summed E-state index contributed by atoms with van der Waals surface area (Å²) in [4.78, 5) is 28.2. The molecule has 0 spiro atoms. The first kappa shape index (κ1) is 17.0. The second kappa shape index (κ2) is 7.07. The van der Waals surface area contributed by atoms with E-state index >= 15 is 0 Å². The summed E-state index contributed by atoms with van der Waals surface area (Å²) < 4.78 is 6.97. The number of rotatable bonds is 4. The molecule has 3 heterocycles. The lowest BCUT2D eigenvalue weighted by Gasteiger charge is -2.18. The van der Waals surface area contributed by atoms with Crippen LogP contribution in [0.15, 0.2) is 54.9 Å². The molecule has 0 atom stereocenters. The molecule has 1 N–H and O–H groups in total. The largest absolute Gasteiger partial charge is 0.465 e. The fraction of sp³-hybridized carbons (Fsp3) is 0.190. The third-order valence-corrected chi connectivity index (χ3v) is 4.77. The van der Waals surface area contributed by atoms with E-state index in [2.05, 4.69) is 14.9 Å². The predicted octanol–water partition coefficient (Wildman–Crippen LogP) is 2.67. The number of nitrogens with one attached hydrogen (secondary N) is 1. The number of carbonyl (C=O) groups excluding carboxylic acids is 2.